The lowest BCUT2D eigenvalue weighted by molar-refractivity contribution is -0.140. The number of hydrogen-bond donors (Lipinski definition) is 1. The highest BCUT2D eigenvalue weighted by molar-refractivity contribution is 6.46. The number of aliphatic hydroxyl groups excluding tert-OH is 1. The van der Waals surface area contributed by atoms with Gasteiger partial charge in [0.25, 0.3) is 11.7 Å². The van der Waals surface area contributed by atoms with Crippen molar-refractivity contribution in [1.82, 2.24) is 4.90 Å². The summed E-state index contributed by atoms with van der Waals surface area (Å²) in [6.07, 6.45) is 1.35. The Balaban J connectivity index is 1.80. The fourth-order valence-corrected chi connectivity index (χ4v) is 4.44. The van der Waals surface area contributed by atoms with E-state index in [-0.39, 0.29) is 17.4 Å². The molecule has 162 valence electrons. The molecule has 0 aromatic heterocycles. The van der Waals surface area contributed by atoms with Crippen molar-refractivity contribution in [2.75, 3.05) is 20.3 Å². The summed E-state index contributed by atoms with van der Waals surface area (Å²) in [6.45, 7) is 2.75. The molecule has 1 saturated heterocycles. The number of carbonyl (C=O) groups excluding carboxylic acids is 2. The van der Waals surface area contributed by atoms with Crippen LogP contribution < -0.4 is 4.74 Å². The molecule has 2 atom stereocenters. The zero-order valence-electron chi connectivity index (χ0n) is 17.4. The van der Waals surface area contributed by atoms with Crippen LogP contribution in [0, 0.1) is 0 Å². The molecule has 0 bridgehead atoms. The highest BCUT2D eigenvalue weighted by atomic mass is 35.5. The van der Waals surface area contributed by atoms with Crippen LogP contribution in [0.25, 0.3) is 5.76 Å². The first-order valence-electron chi connectivity index (χ1n) is 10.2. The van der Waals surface area contributed by atoms with Gasteiger partial charge in [-0.1, -0.05) is 23.7 Å². The van der Waals surface area contributed by atoms with Crippen molar-refractivity contribution in [3.8, 4) is 5.75 Å². The van der Waals surface area contributed by atoms with E-state index in [1.54, 1.807) is 43.5 Å². The Morgan fingerprint density at radius 1 is 1.26 bits per heavy atom. The average Bonchev–Trinajstić information content (AvgIpc) is 3.24. The zero-order chi connectivity index (χ0) is 22.1. The number of aliphatic hydroxyl groups is 1. The normalized spacial score (nSPS) is 22.0. The van der Waals surface area contributed by atoms with Gasteiger partial charge in [-0.3, -0.25) is 9.59 Å². The molecule has 4 rings (SSSR count). The van der Waals surface area contributed by atoms with E-state index in [1.165, 1.54) is 4.90 Å². The lowest BCUT2D eigenvalue weighted by Gasteiger charge is -2.25. The van der Waals surface area contributed by atoms with Crippen molar-refractivity contribution in [1.29, 1.82) is 0 Å². The second-order valence-electron chi connectivity index (χ2n) is 7.85. The summed E-state index contributed by atoms with van der Waals surface area (Å²) < 4.78 is 10.8. The third-order valence-electron chi connectivity index (χ3n) is 5.62. The Labute approximate surface area is 186 Å². The van der Waals surface area contributed by atoms with Gasteiger partial charge >= 0.3 is 0 Å². The van der Waals surface area contributed by atoms with Crippen molar-refractivity contribution in [3.05, 3.63) is 69.8 Å². The van der Waals surface area contributed by atoms with Crippen LogP contribution in [0.5, 0.6) is 5.75 Å². The minimum Gasteiger partial charge on any atom is -0.507 e. The molecule has 1 fully saturated rings. The molecular weight excluding hydrogens is 418 g/mol. The van der Waals surface area contributed by atoms with Gasteiger partial charge in [0.05, 0.1) is 11.6 Å². The average molecular weight is 442 g/mol. The molecule has 0 saturated carbocycles. The third kappa shape index (κ3) is 4.05. The number of benzene rings is 2. The van der Waals surface area contributed by atoms with Gasteiger partial charge in [-0.2, -0.15) is 0 Å². The number of hydrogen-bond acceptors (Lipinski definition) is 5. The molecule has 0 spiro atoms. The zero-order valence-corrected chi connectivity index (χ0v) is 18.2. The minimum atomic E-state index is -0.723. The highest BCUT2D eigenvalue weighted by Crippen LogP contribution is 2.41. The summed E-state index contributed by atoms with van der Waals surface area (Å²) in [7, 11) is 1.58. The van der Waals surface area contributed by atoms with Gasteiger partial charge in [-0.05, 0) is 54.8 Å². The quantitative estimate of drug-likeness (QED) is 0.316. The lowest BCUT2D eigenvalue weighted by atomic mass is 9.94. The number of halogens is 1. The molecule has 1 N–H and O–H groups in total. The van der Waals surface area contributed by atoms with Gasteiger partial charge in [-0.25, -0.2) is 0 Å². The number of methoxy groups -OCH3 is 1. The molecule has 0 unspecified atom stereocenters. The second-order valence-corrected chi connectivity index (χ2v) is 8.29. The van der Waals surface area contributed by atoms with Crippen molar-refractivity contribution in [2.45, 2.75) is 31.9 Å². The Hall–Kier alpha value is -2.83. The van der Waals surface area contributed by atoms with E-state index >= 15 is 0 Å². The van der Waals surface area contributed by atoms with E-state index in [4.69, 9.17) is 21.1 Å². The predicted molar refractivity (Wildman–Crippen MR) is 117 cm³/mol. The molecule has 2 aromatic rings. The topological polar surface area (TPSA) is 76.1 Å². The maximum atomic E-state index is 13.0. The van der Waals surface area contributed by atoms with Gasteiger partial charge in [0.15, 0.2) is 0 Å². The predicted octanol–water partition coefficient (Wildman–Crippen LogP) is 4.12. The smallest absolute Gasteiger partial charge is 0.295 e. The third-order valence-corrected chi connectivity index (χ3v) is 5.86. The molecule has 2 aliphatic rings. The molecule has 0 radical (unpaired) electrons. The van der Waals surface area contributed by atoms with E-state index < -0.39 is 17.7 Å². The van der Waals surface area contributed by atoms with Crippen LogP contribution in [0.2, 0.25) is 5.02 Å². The van der Waals surface area contributed by atoms with Gasteiger partial charge in [0, 0.05) is 37.3 Å². The molecule has 1 amide bonds. The van der Waals surface area contributed by atoms with E-state index in [0.29, 0.717) is 35.7 Å². The Morgan fingerprint density at radius 3 is 2.81 bits per heavy atom. The number of rotatable bonds is 6. The Bertz CT molecular complexity index is 1060. The number of nitrogens with zero attached hydrogens (tertiary/aromatic N) is 1. The Kier molecular flexibility index (Phi) is 6.03. The molecule has 2 aromatic carbocycles. The number of ether oxygens (including phenoxy) is 2. The van der Waals surface area contributed by atoms with Gasteiger partial charge in [0.2, 0.25) is 0 Å². The van der Waals surface area contributed by atoms with Crippen molar-refractivity contribution in [3.63, 3.8) is 0 Å². The van der Waals surface area contributed by atoms with E-state index in [1.807, 2.05) is 13.0 Å². The van der Waals surface area contributed by atoms with Gasteiger partial charge in [0.1, 0.15) is 17.6 Å². The molecule has 7 heteroatoms. The maximum Gasteiger partial charge on any atom is 0.295 e. The van der Waals surface area contributed by atoms with Crippen LogP contribution in [0.4, 0.5) is 0 Å². The minimum absolute atomic E-state index is 0.0604. The fourth-order valence-electron chi connectivity index (χ4n) is 4.24. The van der Waals surface area contributed by atoms with Crippen LogP contribution in [0.3, 0.4) is 0 Å². The SMILES string of the molecule is COCCCN1C(=O)C(=O)C(=C(O)c2ccc3c(c2)C[C@@H](C)O3)[C@@H]1c1cccc(Cl)c1. The van der Waals surface area contributed by atoms with E-state index in [0.717, 1.165) is 17.7 Å². The van der Waals surface area contributed by atoms with Gasteiger partial charge in [-0.15, -0.1) is 0 Å². The standard InChI is InChI=1S/C24H24ClNO5/c1-14-11-17-12-16(7-8-19(17)31-14)22(27)20-21(15-5-3-6-18(25)13-15)26(9-4-10-30-2)24(29)23(20)28/h3,5-8,12-14,21,27H,4,9-11H2,1-2H3/t14-,21+/m1/s1. The van der Waals surface area contributed by atoms with Crippen LogP contribution in [-0.4, -0.2) is 48.1 Å². The lowest BCUT2D eigenvalue weighted by Crippen LogP contribution is -2.31. The van der Waals surface area contributed by atoms with Gasteiger partial charge < -0.3 is 19.5 Å². The first-order chi connectivity index (χ1) is 14.9. The maximum absolute atomic E-state index is 13.0. The summed E-state index contributed by atoms with van der Waals surface area (Å²) in [5, 5.41) is 11.7. The monoisotopic (exact) mass is 441 g/mol. The number of carbonyl (C=O) groups is 2. The number of Topliss-reactive ketones (excluding diaryl/α,β-unsaturated/α-hetero) is 1. The highest BCUT2D eigenvalue weighted by Gasteiger charge is 2.45. The van der Waals surface area contributed by atoms with Crippen molar-refractivity contribution in [2.24, 2.45) is 0 Å². The summed E-state index contributed by atoms with van der Waals surface area (Å²) in [6, 6.07) is 11.6. The largest absolute Gasteiger partial charge is 0.507 e. The number of ketones is 1. The fraction of sp³-hybridized carbons (Fsp3) is 0.333. The summed E-state index contributed by atoms with van der Waals surface area (Å²) in [4.78, 5) is 27.4. The molecule has 0 aliphatic carbocycles. The van der Waals surface area contributed by atoms with Crippen LogP contribution in [0.1, 0.15) is 36.1 Å². The molecule has 2 aliphatic heterocycles. The number of amides is 1. The second kappa shape index (κ2) is 8.73. The first-order valence-corrected chi connectivity index (χ1v) is 10.6. The summed E-state index contributed by atoms with van der Waals surface area (Å²) in [5.74, 6) is -0.763. The van der Waals surface area contributed by atoms with Crippen LogP contribution in [-0.2, 0) is 20.7 Å². The van der Waals surface area contributed by atoms with Crippen molar-refractivity contribution < 1.29 is 24.2 Å². The van der Waals surface area contributed by atoms with Crippen LogP contribution in [0.15, 0.2) is 48.0 Å². The molecule has 31 heavy (non-hydrogen) atoms. The summed E-state index contributed by atoms with van der Waals surface area (Å²) in [5.41, 5.74) is 2.18. The first kappa shape index (κ1) is 21.4. The number of fused-ring (bicyclic) bond motifs is 1. The van der Waals surface area contributed by atoms with Crippen LogP contribution >= 0.6 is 11.6 Å². The summed E-state index contributed by atoms with van der Waals surface area (Å²) >= 11 is 6.19. The number of likely N-dealkylation sites (tertiary alicyclic amines) is 1. The molecule has 2 heterocycles. The molecular formula is C24H24ClNO5. The van der Waals surface area contributed by atoms with E-state index in [2.05, 4.69) is 0 Å². The van der Waals surface area contributed by atoms with E-state index in [9.17, 15) is 14.7 Å². The van der Waals surface area contributed by atoms with Crippen molar-refractivity contribution >= 4 is 29.1 Å². The Morgan fingerprint density at radius 2 is 2.06 bits per heavy atom. The molecule has 6 nitrogen and oxygen atoms in total.